The summed E-state index contributed by atoms with van der Waals surface area (Å²) >= 11 is 0. The molecule has 6 nitrogen and oxygen atoms in total. The SMILES string of the molecule is CS(C)(c1ccc2c(c1)C(=O)OC2=O)c1ccc2c(c1)C(=O)OC2=O. The zero-order valence-corrected chi connectivity index (χ0v) is 14.1. The van der Waals surface area contributed by atoms with Crippen LogP contribution in [0.2, 0.25) is 0 Å². The number of esters is 4. The molecule has 2 aliphatic heterocycles. The summed E-state index contributed by atoms with van der Waals surface area (Å²) in [5, 5.41) is 0. The normalized spacial score (nSPS) is 16.4. The fraction of sp³-hybridized carbons (Fsp3) is 0.111. The molecule has 2 aromatic carbocycles. The molecule has 0 N–H and O–H groups in total. The van der Waals surface area contributed by atoms with Crippen LogP contribution < -0.4 is 0 Å². The molecule has 0 saturated carbocycles. The summed E-state index contributed by atoms with van der Waals surface area (Å²) in [7, 11) is -1.60. The van der Waals surface area contributed by atoms with E-state index in [9.17, 15) is 19.2 Å². The quantitative estimate of drug-likeness (QED) is 0.607. The highest BCUT2D eigenvalue weighted by Gasteiger charge is 2.33. The Morgan fingerprint density at radius 2 is 0.960 bits per heavy atom. The van der Waals surface area contributed by atoms with Gasteiger partial charge >= 0.3 is 23.9 Å². The maximum Gasteiger partial charge on any atom is 0.346 e. The lowest BCUT2D eigenvalue weighted by molar-refractivity contribution is 0.0425. The zero-order chi connectivity index (χ0) is 17.9. The van der Waals surface area contributed by atoms with E-state index in [1.807, 2.05) is 12.5 Å². The second-order valence-electron chi connectivity index (χ2n) is 6.10. The zero-order valence-electron chi connectivity index (χ0n) is 13.3. The van der Waals surface area contributed by atoms with Gasteiger partial charge < -0.3 is 9.47 Å². The number of rotatable bonds is 2. The summed E-state index contributed by atoms with van der Waals surface area (Å²) in [6.07, 6.45) is 4.00. The lowest BCUT2D eigenvalue weighted by Gasteiger charge is -2.32. The van der Waals surface area contributed by atoms with Gasteiger partial charge in [-0.25, -0.2) is 19.2 Å². The van der Waals surface area contributed by atoms with E-state index in [0.717, 1.165) is 9.79 Å². The summed E-state index contributed by atoms with van der Waals surface area (Å²) in [4.78, 5) is 48.5. The van der Waals surface area contributed by atoms with Gasteiger partial charge in [-0.05, 0) is 58.7 Å². The van der Waals surface area contributed by atoms with Crippen LogP contribution >= 0.6 is 10.0 Å². The predicted molar refractivity (Wildman–Crippen MR) is 88.3 cm³/mol. The van der Waals surface area contributed by atoms with E-state index >= 15 is 0 Å². The van der Waals surface area contributed by atoms with Crippen molar-refractivity contribution in [2.24, 2.45) is 0 Å². The average molecular weight is 356 g/mol. The van der Waals surface area contributed by atoms with Crippen molar-refractivity contribution in [3.63, 3.8) is 0 Å². The van der Waals surface area contributed by atoms with E-state index in [4.69, 9.17) is 0 Å². The van der Waals surface area contributed by atoms with E-state index in [2.05, 4.69) is 9.47 Å². The van der Waals surface area contributed by atoms with Crippen molar-refractivity contribution in [2.45, 2.75) is 9.79 Å². The Labute approximate surface area is 144 Å². The molecule has 0 bridgehead atoms. The van der Waals surface area contributed by atoms with Crippen molar-refractivity contribution in [1.82, 2.24) is 0 Å². The second-order valence-corrected chi connectivity index (χ2v) is 9.69. The summed E-state index contributed by atoms with van der Waals surface area (Å²) in [6.45, 7) is 0. The third-order valence-electron chi connectivity index (χ3n) is 4.41. The number of hydrogen-bond acceptors (Lipinski definition) is 6. The lowest BCUT2D eigenvalue weighted by Crippen LogP contribution is -2.02. The molecule has 0 saturated heterocycles. The van der Waals surface area contributed by atoms with Crippen molar-refractivity contribution < 1.29 is 28.7 Å². The van der Waals surface area contributed by atoms with Gasteiger partial charge in [-0.2, -0.15) is 10.0 Å². The molecule has 7 heteroatoms. The van der Waals surface area contributed by atoms with Crippen LogP contribution in [-0.2, 0) is 9.47 Å². The molecule has 2 aliphatic rings. The molecule has 25 heavy (non-hydrogen) atoms. The van der Waals surface area contributed by atoms with Gasteiger partial charge in [0, 0.05) is 0 Å². The van der Waals surface area contributed by atoms with Gasteiger partial charge in [0.1, 0.15) is 0 Å². The van der Waals surface area contributed by atoms with E-state index in [1.54, 1.807) is 36.4 Å². The van der Waals surface area contributed by atoms with Gasteiger partial charge in [0.05, 0.1) is 22.3 Å². The topological polar surface area (TPSA) is 86.7 Å². The smallest absolute Gasteiger partial charge is 0.346 e. The minimum absolute atomic E-state index is 0.249. The molecule has 0 spiro atoms. The van der Waals surface area contributed by atoms with Crippen LogP contribution in [0.15, 0.2) is 46.2 Å². The van der Waals surface area contributed by atoms with Gasteiger partial charge in [-0.3, -0.25) is 0 Å². The highest BCUT2D eigenvalue weighted by Crippen LogP contribution is 2.57. The number of benzene rings is 2. The van der Waals surface area contributed by atoms with Crippen LogP contribution in [-0.4, -0.2) is 36.4 Å². The highest BCUT2D eigenvalue weighted by molar-refractivity contribution is 8.32. The first kappa shape index (κ1) is 15.6. The summed E-state index contributed by atoms with van der Waals surface area (Å²) < 4.78 is 9.25. The van der Waals surface area contributed by atoms with Crippen molar-refractivity contribution in [1.29, 1.82) is 0 Å². The third-order valence-corrected chi connectivity index (χ3v) is 7.28. The molecule has 126 valence electrons. The molecule has 0 amide bonds. The Hall–Kier alpha value is -2.93. The Morgan fingerprint density at radius 3 is 1.36 bits per heavy atom. The first-order valence-corrected chi connectivity index (χ1v) is 9.78. The fourth-order valence-electron chi connectivity index (χ4n) is 2.90. The number of carbonyl (C=O) groups is 4. The first-order valence-electron chi connectivity index (χ1n) is 7.33. The van der Waals surface area contributed by atoms with E-state index in [-0.39, 0.29) is 22.3 Å². The molecule has 0 aromatic heterocycles. The lowest BCUT2D eigenvalue weighted by atomic mass is 10.1. The molecule has 2 heterocycles. The minimum Gasteiger partial charge on any atom is -0.386 e. The van der Waals surface area contributed by atoms with Crippen molar-refractivity contribution in [2.75, 3.05) is 12.5 Å². The predicted octanol–water partition coefficient (Wildman–Crippen LogP) is 2.79. The van der Waals surface area contributed by atoms with Crippen LogP contribution in [0.25, 0.3) is 0 Å². The van der Waals surface area contributed by atoms with Crippen molar-refractivity contribution in [3.05, 3.63) is 58.7 Å². The molecule has 4 rings (SSSR count). The second kappa shape index (κ2) is 5.03. The summed E-state index contributed by atoms with van der Waals surface area (Å²) in [6, 6.07) is 10.0. The number of ether oxygens (including phenoxy) is 2. The Bertz CT molecular complexity index is 925. The molecular weight excluding hydrogens is 344 g/mol. The maximum atomic E-state index is 11.8. The van der Waals surface area contributed by atoms with Gasteiger partial charge in [-0.15, -0.1) is 0 Å². The molecule has 0 aliphatic carbocycles. The Morgan fingerprint density at radius 1 is 0.600 bits per heavy atom. The standard InChI is InChI=1S/C18H12O6S/c1-25(2,9-3-5-11-13(7-9)17(21)23-15(11)19)10-4-6-12-14(8-10)18(22)24-16(12)20/h3-8H,1-2H3. The van der Waals surface area contributed by atoms with Crippen LogP contribution in [0.1, 0.15) is 41.4 Å². The van der Waals surface area contributed by atoms with Gasteiger partial charge in [-0.1, -0.05) is 0 Å². The van der Waals surface area contributed by atoms with Crippen molar-refractivity contribution >= 4 is 33.9 Å². The van der Waals surface area contributed by atoms with E-state index in [1.165, 1.54) is 0 Å². The van der Waals surface area contributed by atoms with E-state index in [0.29, 0.717) is 0 Å². The monoisotopic (exact) mass is 356 g/mol. The van der Waals surface area contributed by atoms with Crippen molar-refractivity contribution in [3.8, 4) is 0 Å². The Balaban J connectivity index is 1.81. The number of hydrogen-bond donors (Lipinski definition) is 0. The molecule has 0 atom stereocenters. The van der Waals surface area contributed by atoms with Crippen LogP contribution in [0.5, 0.6) is 0 Å². The highest BCUT2D eigenvalue weighted by atomic mass is 32.3. The number of fused-ring (bicyclic) bond motifs is 2. The summed E-state index contributed by atoms with van der Waals surface area (Å²) in [5.74, 6) is -2.59. The van der Waals surface area contributed by atoms with Crippen LogP contribution in [0.3, 0.4) is 0 Å². The van der Waals surface area contributed by atoms with Crippen LogP contribution in [0, 0.1) is 0 Å². The Kier molecular flexibility index (Phi) is 3.14. The number of cyclic esters (lactones) is 4. The van der Waals surface area contributed by atoms with Gasteiger partial charge in [0.15, 0.2) is 0 Å². The third kappa shape index (κ3) is 2.20. The molecule has 0 unspecified atom stereocenters. The molecular formula is C18H12O6S. The largest absolute Gasteiger partial charge is 0.386 e. The van der Waals surface area contributed by atoms with Gasteiger partial charge in [0.25, 0.3) is 0 Å². The van der Waals surface area contributed by atoms with Gasteiger partial charge in [0.2, 0.25) is 0 Å². The molecule has 0 radical (unpaired) electrons. The molecule has 2 aromatic rings. The van der Waals surface area contributed by atoms with Crippen LogP contribution in [0.4, 0.5) is 0 Å². The molecule has 0 fully saturated rings. The maximum absolute atomic E-state index is 11.8. The first-order chi connectivity index (χ1) is 11.8. The van der Waals surface area contributed by atoms with E-state index < -0.39 is 33.9 Å². The summed E-state index contributed by atoms with van der Waals surface area (Å²) in [5.41, 5.74) is 1.01. The fourth-order valence-corrected chi connectivity index (χ4v) is 4.81. The number of carbonyl (C=O) groups excluding carboxylic acids is 4. The minimum atomic E-state index is -1.60. The average Bonchev–Trinajstić information content (AvgIpc) is 3.03.